The van der Waals surface area contributed by atoms with Gasteiger partial charge in [0.2, 0.25) is 0 Å². The quantitative estimate of drug-likeness (QED) is 0.434. The smallest absolute Gasteiger partial charge is 0.160 e. The van der Waals surface area contributed by atoms with Gasteiger partial charge in [0.1, 0.15) is 0 Å². The summed E-state index contributed by atoms with van der Waals surface area (Å²) < 4.78 is 12.7. The molecule has 0 N–H and O–H groups in total. The number of benzene rings is 1. The van der Waals surface area contributed by atoms with Crippen LogP contribution in [0.1, 0.15) is 5.56 Å². The van der Waals surface area contributed by atoms with Crippen LogP contribution in [-0.2, 0) is 0 Å². The van der Waals surface area contributed by atoms with Crippen LogP contribution < -0.4 is 0 Å². The van der Waals surface area contributed by atoms with E-state index in [9.17, 15) is 4.39 Å². The summed E-state index contributed by atoms with van der Waals surface area (Å²) in [6.45, 7) is 0. The summed E-state index contributed by atoms with van der Waals surface area (Å²) in [5, 5.41) is -0.101. The SMILES string of the molecule is C#Cc1cc(Cl)c(F)c(Cl)c1. The number of terminal acetylenes is 1. The molecule has 0 saturated heterocycles. The number of rotatable bonds is 0. The van der Waals surface area contributed by atoms with Crippen molar-refractivity contribution in [2.45, 2.75) is 0 Å². The van der Waals surface area contributed by atoms with E-state index in [0.29, 0.717) is 5.56 Å². The molecule has 1 rings (SSSR count). The molecule has 0 aliphatic heterocycles. The zero-order valence-corrected chi connectivity index (χ0v) is 6.88. The molecule has 0 bridgehead atoms. The molecule has 0 amide bonds. The van der Waals surface area contributed by atoms with Crippen LogP contribution in [0.5, 0.6) is 0 Å². The van der Waals surface area contributed by atoms with Crippen molar-refractivity contribution in [1.29, 1.82) is 0 Å². The first-order chi connectivity index (χ1) is 5.15. The number of hydrogen-bond acceptors (Lipinski definition) is 0. The standard InChI is InChI=1S/C8H3Cl2F/c1-2-5-3-6(9)8(11)7(10)4-5/h1,3-4H. The first-order valence-electron chi connectivity index (χ1n) is 2.76. The Balaban J connectivity index is 3.35. The van der Waals surface area contributed by atoms with E-state index in [4.69, 9.17) is 29.6 Å². The van der Waals surface area contributed by atoms with Crippen LogP contribution in [0, 0.1) is 18.2 Å². The first kappa shape index (κ1) is 8.39. The first-order valence-corrected chi connectivity index (χ1v) is 3.52. The highest BCUT2D eigenvalue weighted by Gasteiger charge is 2.05. The Hall–Kier alpha value is -0.710. The van der Waals surface area contributed by atoms with Crippen molar-refractivity contribution in [3.8, 4) is 12.3 Å². The third kappa shape index (κ3) is 1.65. The van der Waals surface area contributed by atoms with Crippen LogP contribution in [-0.4, -0.2) is 0 Å². The highest BCUT2D eigenvalue weighted by molar-refractivity contribution is 6.35. The van der Waals surface area contributed by atoms with Crippen molar-refractivity contribution in [2.75, 3.05) is 0 Å². The van der Waals surface area contributed by atoms with Gasteiger partial charge in [-0.1, -0.05) is 29.1 Å². The maximum atomic E-state index is 12.7. The van der Waals surface area contributed by atoms with Gasteiger partial charge in [-0.05, 0) is 12.1 Å². The second-order valence-corrected chi connectivity index (χ2v) is 2.71. The highest BCUT2D eigenvalue weighted by atomic mass is 35.5. The molecular weight excluding hydrogens is 186 g/mol. The molecule has 0 fully saturated rings. The van der Waals surface area contributed by atoms with Crippen LogP contribution >= 0.6 is 23.2 Å². The molecule has 0 nitrogen and oxygen atoms in total. The number of hydrogen-bond donors (Lipinski definition) is 0. The fourth-order valence-electron chi connectivity index (χ4n) is 0.639. The van der Waals surface area contributed by atoms with Gasteiger partial charge < -0.3 is 0 Å². The minimum Gasteiger partial charge on any atom is -0.204 e. The van der Waals surface area contributed by atoms with Gasteiger partial charge in [0, 0.05) is 5.56 Å². The largest absolute Gasteiger partial charge is 0.204 e. The topological polar surface area (TPSA) is 0 Å². The van der Waals surface area contributed by atoms with E-state index >= 15 is 0 Å². The Bertz CT molecular complexity index is 302. The lowest BCUT2D eigenvalue weighted by Crippen LogP contribution is -1.81. The fourth-order valence-corrected chi connectivity index (χ4v) is 1.13. The molecule has 0 saturated carbocycles. The summed E-state index contributed by atoms with van der Waals surface area (Å²) in [7, 11) is 0. The van der Waals surface area contributed by atoms with E-state index < -0.39 is 5.82 Å². The Morgan fingerprint density at radius 1 is 1.27 bits per heavy atom. The minimum atomic E-state index is -0.632. The summed E-state index contributed by atoms with van der Waals surface area (Å²) in [4.78, 5) is 0. The second kappa shape index (κ2) is 3.13. The molecule has 0 unspecified atom stereocenters. The van der Waals surface area contributed by atoms with Crippen molar-refractivity contribution in [2.24, 2.45) is 0 Å². The van der Waals surface area contributed by atoms with Gasteiger partial charge in [-0.25, -0.2) is 4.39 Å². The molecule has 56 valence electrons. The molecule has 0 radical (unpaired) electrons. The van der Waals surface area contributed by atoms with Gasteiger partial charge in [-0.2, -0.15) is 0 Å². The van der Waals surface area contributed by atoms with E-state index in [1.165, 1.54) is 12.1 Å². The molecule has 1 aromatic rings. The average molecular weight is 189 g/mol. The summed E-state index contributed by atoms with van der Waals surface area (Å²) >= 11 is 10.9. The van der Waals surface area contributed by atoms with E-state index in [-0.39, 0.29) is 10.0 Å². The van der Waals surface area contributed by atoms with Crippen molar-refractivity contribution >= 4 is 23.2 Å². The predicted molar refractivity (Wildman–Crippen MR) is 44.4 cm³/mol. The van der Waals surface area contributed by atoms with Gasteiger partial charge in [0.15, 0.2) is 5.82 Å². The van der Waals surface area contributed by atoms with Crippen LogP contribution in [0.25, 0.3) is 0 Å². The molecule has 1 aromatic carbocycles. The molecule has 0 spiro atoms. The van der Waals surface area contributed by atoms with Gasteiger partial charge in [0.25, 0.3) is 0 Å². The van der Waals surface area contributed by atoms with E-state index in [1.54, 1.807) is 0 Å². The van der Waals surface area contributed by atoms with E-state index in [0.717, 1.165) is 0 Å². The Kier molecular flexibility index (Phi) is 2.38. The van der Waals surface area contributed by atoms with Crippen molar-refractivity contribution < 1.29 is 4.39 Å². The molecule has 0 aliphatic rings. The lowest BCUT2D eigenvalue weighted by molar-refractivity contribution is 0.628. The minimum absolute atomic E-state index is 0.0505. The molecule has 0 heterocycles. The molecule has 0 atom stereocenters. The van der Waals surface area contributed by atoms with Crippen molar-refractivity contribution in [1.82, 2.24) is 0 Å². The molecule has 0 aliphatic carbocycles. The summed E-state index contributed by atoms with van der Waals surface area (Å²) in [5.41, 5.74) is 0.474. The van der Waals surface area contributed by atoms with Crippen molar-refractivity contribution in [3.63, 3.8) is 0 Å². The van der Waals surface area contributed by atoms with Gasteiger partial charge in [-0.15, -0.1) is 6.42 Å². The predicted octanol–water partition coefficient (Wildman–Crippen LogP) is 3.11. The van der Waals surface area contributed by atoms with Crippen molar-refractivity contribution in [3.05, 3.63) is 33.6 Å². The van der Waals surface area contributed by atoms with Crippen LogP contribution in [0.4, 0.5) is 4.39 Å². The van der Waals surface area contributed by atoms with Gasteiger partial charge in [0.05, 0.1) is 10.0 Å². The summed E-state index contributed by atoms with van der Waals surface area (Å²) in [6, 6.07) is 2.70. The maximum absolute atomic E-state index is 12.7. The zero-order chi connectivity index (χ0) is 8.43. The molecule has 11 heavy (non-hydrogen) atoms. The van der Waals surface area contributed by atoms with Crippen LogP contribution in [0.15, 0.2) is 12.1 Å². The van der Waals surface area contributed by atoms with E-state index in [2.05, 4.69) is 5.92 Å². The molecule has 0 aromatic heterocycles. The average Bonchev–Trinajstić information content (AvgIpc) is 1.99. The Labute approximate surface area is 73.9 Å². The van der Waals surface area contributed by atoms with E-state index in [1.807, 2.05) is 0 Å². The fraction of sp³-hybridized carbons (Fsp3) is 0. The zero-order valence-electron chi connectivity index (χ0n) is 5.37. The van der Waals surface area contributed by atoms with Crippen LogP contribution in [0.2, 0.25) is 10.0 Å². The normalized spacial score (nSPS) is 9.27. The monoisotopic (exact) mass is 188 g/mol. The molecular formula is C8H3Cl2F. The lowest BCUT2D eigenvalue weighted by atomic mass is 10.2. The Morgan fingerprint density at radius 3 is 2.09 bits per heavy atom. The third-order valence-corrected chi connectivity index (χ3v) is 1.70. The van der Waals surface area contributed by atoms with Crippen LogP contribution in [0.3, 0.4) is 0 Å². The summed E-state index contributed by atoms with van der Waals surface area (Å²) in [5.74, 6) is 1.67. The van der Waals surface area contributed by atoms with Gasteiger partial charge in [-0.3, -0.25) is 0 Å². The molecule has 3 heteroatoms. The Morgan fingerprint density at radius 2 is 1.73 bits per heavy atom. The number of halogens is 3. The lowest BCUT2D eigenvalue weighted by Gasteiger charge is -1.97. The second-order valence-electron chi connectivity index (χ2n) is 1.90. The van der Waals surface area contributed by atoms with Gasteiger partial charge >= 0.3 is 0 Å². The summed E-state index contributed by atoms with van der Waals surface area (Å²) in [6.07, 6.45) is 5.05. The third-order valence-electron chi connectivity index (χ3n) is 1.15. The maximum Gasteiger partial charge on any atom is 0.160 e. The highest BCUT2D eigenvalue weighted by Crippen LogP contribution is 2.23.